The molecule has 30 heavy (non-hydrogen) atoms. The van der Waals surface area contributed by atoms with Gasteiger partial charge in [0.15, 0.2) is 17.9 Å². The number of benzene rings is 1. The fourth-order valence-electron chi connectivity index (χ4n) is 4.78. The van der Waals surface area contributed by atoms with Gasteiger partial charge in [-0.25, -0.2) is 9.18 Å². The van der Waals surface area contributed by atoms with E-state index in [1.54, 1.807) is 0 Å². The molecular weight excluding hydrogens is 395 g/mol. The predicted octanol–water partition coefficient (Wildman–Crippen LogP) is 2.88. The highest BCUT2D eigenvalue weighted by Gasteiger charge is 2.59. The highest BCUT2D eigenvalue weighted by molar-refractivity contribution is 5.89. The van der Waals surface area contributed by atoms with E-state index in [4.69, 9.17) is 23.7 Å². The number of ether oxygens (including phenoxy) is 5. The second-order valence-corrected chi connectivity index (χ2v) is 8.79. The lowest BCUT2D eigenvalue weighted by molar-refractivity contribution is -0.226. The van der Waals surface area contributed by atoms with Gasteiger partial charge in [0, 0.05) is 18.5 Å². The Kier molecular flexibility index (Phi) is 4.98. The minimum Gasteiger partial charge on any atom is -0.347 e. The van der Waals surface area contributed by atoms with E-state index in [1.165, 1.54) is 24.3 Å². The Morgan fingerprint density at radius 2 is 1.80 bits per heavy atom. The summed E-state index contributed by atoms with van der Waals surface area (Å²) in [6.45, 7) is 4.01. The Morgan fingerprint density at radius 1 is 1.07 bits per heavy atom. The Morgan fingerprint density at radius 3 is 2.53 bits per heavy atom. The van der Waals surface area contributed by atoms with E-state index >= 15 is 0 Å². The van der Waals surface area contributed by atoms with Crippen molar-refractivity contribution in [1.82, 2.24) is 5.32 Å². The van der Waals surface area contributed by atoms with E-state index < -0.39 is 42.1 Å². The maximum atomic E-state index is 13.1. The number of anilines is 1. The van der Waals surface area contributed by atoms with Crippen LogP contribution in [-0.4, -0.2) is 54.9 Å². The third kappa shape index (κ3) is 3.80. The van der Waals surface area contributed by atoms with Gasteiger partial charge >= 0.3 is 6.03 Å². The second kappa shape index (κ2) is 7.42. The molecule has 1 saturated carbocycles. The highest BCUT2D eigenvalue weighted by atomic mass is 19.1. The fourth-order valence-corrected chi connectivity index (χ4v) is 4.78. The summed E-state index contributed by atoms with van der Waals surface area (Å²) in [6, 6.07) is 4.63. The van der Waals surface area contributed by atoms with Crippen LogP contribution < -0.4 is 10.6 Å². The van der Waals surface area contributed by atoms with Crippen molar-refractivity contribution in [3.05, 3.63) is 30.1 Å². The van der Waals surface area contributed by atoms with Crippen molar-refractivity contribution < 1.29 is 32.9 Å². The maximum Gasteiger partial charge on any atom is 0.319 e. The normalized spacial score (nSPS) is 36.2. The number of carbonyl (C=O) groups excluding carboxylic acids is 1. The first kappa shape index (κ1) is 20.1. The average Bonchev–Trinajstić information content (AvgIpc) is 3.44. The first-order valence-electron chi connectivity index (χ1n) is 10.5. The van der Waals surface area contributed by atoms with E-state index in [0.717, 1.165) is 25.7 Å². The highest BCUT2D eigenvalue weighted by Crippen LogP contribution is 2.44. The minimum absolute atomic E-state index is 0.333. The number of nitrogens with one attached hydrogen (secondary N) is 2. The monoisotopic (exact) mass is 422 g/mol. The molecule has 1 aromatic rings. The van der Waals surface area contributed by atoms with Crippen LogP contribution in [0.4, 0.5) is 14.9 Å². The predicted molar refractivity (Wildman–Crippen MR) is 103 cm³/mol. The van der Waals surface area contributed by atoms with Crippen LogP contribution in [-0.2, 0) is 23.7 Å². The van der Waals surface area contributed by atoms with Crippen LogP contribution in [0.1, 0.15) is 39.5 Å². The number of hydrogen-bond donors (Lipinski definition) is 2. The number of halogens is 1. The van der Waals surface area contributed by atoms with Gasteiger partial charge in [0.1, 0.15) is 24.1 Å². The number of rotatable bonds is 3. The molecule has 5 rings (SSSR count). The van der Waals surface area contributed by atoms with Gasteiger partial charge in [-0.2, -0.15) is 0 Å². The summed E-state index contributed by atoms with van der Waals surface area (Å²) in [7, 11) is 0. The van der Waals surface area contributed by atoms with Crippen LogP contribution in [0.15, 0.2) is 24.3 Å². The zero-order valence-corrected chi connectivity index (χ0v) is 17.1. The number of fused-ring (bicyclic) bond motifs is 1. The first-order valence-corrected chi connectivity index (χ1v) is 10.5. The average molecular weight is 422 g/mol. The molecule has 0 aromatic heterocycles. The molecule has 1 aliphatic carbocycles. The minimum atomic E-state index is -0.812. The second-order valence-electron chi connectivity index (χ2n) is 8.79. The summed E-state index contributed by atoms with van der Waals surface area (Å²) in [6.07, 6.45) is 1.99. The van der Waals surface area contributed by atoms with Gasteiger partial charge in [-0.1, -0.05) is 0 Å². The molecule has 5 atom stereocenters. The van der Waals surface area contributed by atoms with Crippen molar-refractivity contribution in [3.8, 4) is 0 Å². The van der Waals surface area contributed by atoms with Crippen LogP contribution in [0.3, 0.4) is 0 Å². The Bertz CT molecular complexity index is 797. The Hall–Kier alpha value is -1.78. The van der Waals surface area contributed by atoms with Gasteiger partial charge in [-0.05, 0) is 51.0 Å². The molecule has 2 N–H and O–H groups in total. The van der Waals surface area contributed by atoms with Crippen molar-refractivity contribution in [3.63, 3.8) is 0 Å². The van der Waals surface area contributed by atoms with Crippen molar-refractivity contribution >= 4 is 11.7 Å². The molecule has 0 radical (unpaired) electrons. The van der Waals surface area contributed by atoms with E-state index in [1.807, 2.05) is 13.8 Å². The molecule has 0 unspecified atom stereocenters. The summed E-state index contributed by atoms with van der Waals surface area (Å²) in [5.41, 5.74) is 0.482. The SMILES string of the molecule is CC1(C)O[C@H]2O[C@H]([C@H]3COC4(CCCC4)O3)[C@H](NC(=O)Nc3ccc(F)cc3)[C@H]2O1. The summed E-state index contributed by atoms with van der Waals surface area (Å²) < 4.78 is 43.4. The van der Waals surface area contributed by atoms with Crippen LogP contribution in [0.2, 0.25) is 0 Å². The Balaban J connectivity index is 1.30. The molecule has 1 aromatic carbocycles. The molecule has 2 amide bonds. The van der Waals surface area contributed by atoms with Gasteiger partial charge in [0.05, 0.1) is 12.6 Å². The lowest BCUT2D eigenvalue weighted by atomic mass is 10.0. The van der Waals surface area contributed by atoms with Gasteiger partial charge in [0.25, 0.3) is 0 Å². The van der Waals surface area contributed by atoms with E-state index in [2.05, 4.69) is 10.6 Å². The topological polar surface area (TPSA) is 87.3 Å². The zero-order chi connectivity index (χ0) is 20.9. The largest absolute Gasteiger partial charge is 0.347 e. The van der Waals surface area contributed by atoms with Gasteiger partial charge in [0.2, 0.25) is 0 Å². The first-order chi connectivity index (χ1) is 14.3. The molecule has 0 bridgehead atoms. The molecule has 3 aliphatic heterocycles. The lowest BCUT2D eigenvalue weighted by Gasteiger charge is -2.30. The van der Waals surface area contributed by atoms with Crippen LogP contribution in [0.25, 0.3) is 0 Å². The van der Waals surface area contributed by atoms with Crippen molar-refractivity contribution in [1.29, 1.82) is 0 Å². The Labute approximate surface area is 174 Å². The van der Waals surface area contributed by atoms with Gasteiger partial charge in [-0.15, -0.1) is 0 Å². The molecule has 4 fully saturated rings. The summed E-state index contributed by atoms with van der Waals surface area (Å²) in [5, 5.41) is 5.66. The molecule has 1 spiro atoms. The summed E-state index contributed by atoms with van der Waals surface area (Å²) >= 11 is 0. The molecule has 164 valence electrons. The van der Waals surface area contributed by atoms with Crippen LogP contribution in [0.5, 0.6) is 0 Å². The maximum absolute atomic E-state index is 13.1. The molecule has 4 aliphatic rings. The number of amides is 2. The quantitative estimate of drug-likeness (QED) is 0.779. The van der Waals surface area contributed by atoms with E-state index in [0.29, 0.717) is 12.3 Å². The smallest absolute Gasteiger partial charge is 0.319 e. The van der Waals surface area contributed by atoms with Crippen molar-refractivity contribution in [2.45, 2.75) is 81.7 Å². The van der Waals surface area contributed by atoms with Gasteiger partial charge in [-0.3, -0.25) is 0 Å². The molecular formula is C21H27FN2O6. The van der Waals surface area contributed by atoms with E-state index in [9.17, 15) is 9.18 Å². The van der Waals surface area contributed by atoms with Crippen LogP contribution >= 0.6 is 0 Å². The fraction of sp³-hybridized carbons (Fsp3) is 0.667. The van der Waals surface area contributed by atoms with Gasteiger partial charge < -0.3 is 34.3 Å². The standard InChI is InChI=1S/C21H27FN2O6/c1-20(2)29-17-15(24-19(25)23-13-7-5-12(22)6-8-13)16(27-18(17)30-20)14-11-26-21(28-14)9-3-4-10-21/h5-8,14-18H,3-4,9-11H2,1-2H3,(H2,23,24,25)/t14-,15+,16-,17-,18-/m1/s1. The zero-order valence-electron chi connectivity index (χ0n) is 17.1. The summed E-state index contributed by atoms with van der Waals surface area (Å²) in [5.74, 6) is -1.72. The number of carbonyl (C=O) groups is 1. The molecule has 3 saturated heterocycles. The third-order valence-electron chi connectivity index (χ3n) is 6.10. The summed E-state index contributed by atoms with van der Waals surface area (Å²) in [4.78, 5) is 12.7. The number of hydrogen-bond acceptors (Lipinski definition) is 6. The van der Waals surface area contributed by atoms with Crippen molar-refractivity contribution in [2.75, 3.05) is 11.9 Å². The third-order valence-corrected chi connectivity index (χ3v) is 6.10. The number of urea groups is 1. The molecule has 8 nitrogen and oxygen atoms in total. The van der Waals surface area contributed by atoms with Crippen LogP contribution in [0, 0.1) is 5.82 Å². The van der Waals surface area contributed by atoms with E-state index in [-0.39, 0.29) is 11.9 Å². The lowest BCUT2D eigenvalue weighted by Crippen LogP contribution is -2.53. The molecule has 9 heteroatoms. The molecule has 3 heterocycles. The van der Waals surface area contributed by atoms with Crippen molar-refractivity contribution in [2.24, 2.45) is 0 Å².